The molecule has 0 aliphatic rings. The normalized spacial score (nSPS) is 11.1. The van der Waals surface area contributed by atoms with Crippen molar-refractivity contribution in [3.05, 3.63) is 54.4 Å². The third-order valence-electron chi connectivity index (χ3n) is 5.10. The number of unbranched alkanes of at least 4 members (excludes halogenated alkanes) is 2. The zero-order valence-electron chi connectivity index (χ0n) is 18.6. The minimum Gasteiger partial charge on any atom is -0.493 e. The maximum absolute atomic E-state index is 6.21. The Kier molecular flexibility index (Phi) is 7.95. The molecule has 1 heterocycles. The van der Waals surface area contributed by atoms with E-state index >= 15 is 0 Å². The van der Waals surface area contributed by atoms with Crippen molar-refractivity contribution < 1.29 is 13.9 Å². The van der Waals surface area contributed by atoms with Crippen molar-refractivity contribution in [1.82, 2.24) is 4.98 Å². The van der Waals surface area contributed by atoms with Crippen LogP contribution < -0.4 is 9.47 Å². The molecule has 0 saturated carbocycles. The maximum atomic E-state index is 6.21. The van der Waals surface area contributed by atoms with Crippen LogP contribution in [-0.2, 0) is 0 Å². The molecule has 1 aromatic heterocycles. The highest BCUT2D eigenvalue weighted by Gasteiger charge is 2.21. The molecule has 30 heavy (non-hydrogen) atoms. The van der Waals surface area contributed by atoms with Gasteiger partial charge in [-0.3, -0.25) is 0 Å². The smallest absolute Gasteiger partial charge is 0.182 e. The summed E-state index contributed by atoms with van der Waals surface area (Å²) in [5, 5.41) is 0. The first-order valence-corrected chi connectivity index (χ1v) is 11.1. The Morgan fingerprint density at radius 2 is 1.57 bits per heavy atom. The number of aromatic nitrogens is 1. The highest BCUT2D eigenvalue weighted by atomic mass is 16.5. The summed E-state index contributed by atoms with van der Waals surface area (Å²) in [6.07, 6.45) is 5.73. The van der Waals surface area contributed by atoms with Gasteiger partial charge in [0.15, 0.2) is 12.2 Å². The van der Waals surface area contributed by atoms with Gasteiger partial charge in [0, 0.05) is 17.2 Å². The van der Waals surface area contributed by atoms with Gasteiger partial charge in [-0.1, -0.05) is 70.9 Å². The molecular formula is C26H33NO3. The number of ether oxygens (including phenoxy) is 2. The van der Waals surface area contributed by atoms with Crippen LogP contribution in [0, 0.1) is 0 Å². The number of hydrogen-bond donors (Lipinski definition) is 0. The summed E-state index contributed by atoms with van der Waals surface area (Å²) in [6, 6.07) is 14.3. The average Bonchev–Trinajstić information content (AvgIpc) is 3.24. The number of rotatable bonds is 11. The Bertz CT molecular complexity index is 915. The minimum atomic E-state index is 0.317. The predicted molar refractivity (Wildman–Crippen MR) is 122 cm³/mol. The molecule has 0 N–H and O–H groups in total. The van der Waals surface area contributed by atoms with E-state index in [9.17, 15) is 0 Å². The number of benzene rings is 2. The van der Waals surface area contributed by atoms with Gasteiger partial charge in [0.05, 0.1) is 13.2 Å². The van der Waals surface area contributed by atoms with E-state index in [0.29, 0.717) is 19.1 Å². The van der Waals surface area contributed by atoms with Crippen molar-refractivity contribution in [1.29, 1.82) is 0 Å². The van der Waals surface area contributed by atoms with E-state index in [4.69, 9.17) is 13.9 Å². The first kappa shape index (κ1) is 21.9. The average molecular weight is 408 g/mol. The van der Waals surface area contributed by atoms with Crippen LogP contribution in [0.5, 0.6) is 11.5 Å². The highest BCUT2D eigenvalue weighted by molar-refractivity contribution is 5.81. The molecule has 0 fully saturated rings. The van der Waals surface area contributed by atoms with Gasteiger partial charge in [-0.2, -0.15) is 0 Å². The lowest BCUT2D eigenvalue weighted by Gasteiger charge is -2.19. The second-order valence-electron chi connectivity index (χ2n) is 7.84. The second kappa shape index (κ2) is 10.9. The van der Waals surface area contributed by atoms with Crippen LogP contribution in [0.4, 0.5) is 0 Å². The maximum Gasteiger partial charge on any atom is 0.182 e. The van der Waals surface area contributed by atoms with Gasteiger partial charge < -0.3 is 13.9 Å². The van der Waals surface area contributed by atoms with Crippen LogP contribution in [0.3, 0.4) is 0 Å². The standard InChI is InChI=1S/C26H33NO3/c1-5-7-14-28-23-17-24(29-15-8-6-2)22(16-21(23)19(3)4)25-26(30-18-27-25)20-12-10-9-11-13-20/h9-13,16-19H,5-8,14-15H2,1-4H3. The van der Waals surface area contributed by atoms with Gasteiger partial charge in [-0.15, -0.1) is 0 Å². The van der Waals surface area contributed by atoms with Crippen molar-refractivity contribution in [3.8, 4) is 34.1 Å². The van der Waals surface area contributed by atoms with Crippen LogP contribution in [0.1, 0.15) is 64.9 Å². The summed E-state index contributed by atoms with van der Waals surface area (Å²) in [6.45, 7) is 10.1. The molecule has 3 aromatic rings. The Morgan fingerprint density at radius 3 is 2.20 bits per heavy atom. The van der Waals surface area contributed by atoms with E-state index < -0.39 is 0 Å². The molecule has 160 valence electrons. The highest BCUT2D eigenvalue weighted by Crippen LogP contribution is 2.42. The lowest BCUT2D eigenvalue weighted by atomic mass is 9.96. The van der Waals surface area contributed by atoms with Crippen LogP contribution in [-0.4, -0.2) is 18.2 Å². The molecule has 0 unspecified atom stereocenters. The molecule has 0 radical (unpaired) electrons. The summed E-state index contributed by atoms with van der Waals surface area (Å²) in [5.41, 5.74) is 3.91. The SMILES string of the molecule is CCCCOc1cc(OCCCC)c(C(C)C)cc1-c1ncoc1-c1ccccc1. The van der Waals surface area contributed by atoms with Crippen molar-refractivity contribution in [3.63, 3.8) is 0 Å². The van der Waals surface area contributed by atoms with Crippen LogP contribution in [0.15, 0.2) is 53.3 Å². The van der Waals surface area contributed by atoms with Crippen LogP contribution >= 0.6 is 0 Å². The van der Waals surface area contributed by atoms with Crippen LogP contribution in [0.2, 0.25) is 0 Å². The molecule has 0 bridgehead atoms. The summed E-state index contributed by atoms with van der Waals surface area (Å²) in [4.78, 5) is 4.57. The van der Waals surface area contributed by atoms with E-state index in [1.807, 2.05) is 36.4 Å². The van der Waals surface area contributed by atoms with Gasteiger partial charge in [-0.25, -0.2) is 4.98 Å². The van der Waals surface area contributed by atoms with Crippen molar-refractivity contribution in [2.24, 2.45) is 0 Å². The Labute approximate surface area is 180 Å². The first-order chi connectivity index (χ1) is 14.7. The van der Waals surface area contributed by atoms with E-state index in [2.05, 4.69) is 38.7 Å². The number of hydrogen-bond acceptors (Lipinski definition) is 4. The first-order valence-electron chi connectivity index (χ1n) is 11.1. The number of nitrogens with zero attached hydrogens (tertiary/aromatic N) is 1. The molecular weight excluding hydrogens is 374 g/mol. The fourth-order valence-electron chi connectivity index (χ4n) is 3.34. The molecule has 4 heteroatoms. The Balaban J connectivity index is 2.08. The molecule has 0 aliphatic carbocycles. The second-order valence-corrected chi connectivity index (χ2v) is 7.84. The van der Waals surface area contributed by atoms with Gasteiger partial charge in [-0.05, 0) is 30.4 Å². The van der Waals surface area contributed by atoms with Crippen LogP contribution in [0.25, 0.3) is 22.6 Å². The molecule has 0 spiro atoms. The van der Waals surface area contributed by atoms with E-state index in [0.717, 1.165) is 65.3 Å². The van der Waals surface area contributed by atoms with Gasteiger partial charge >= 0.3 is 0 Å². The van der Waals surface area contributed by atoms with E-state index in [1.165, 1.54) is 6.39 Å². The predicted octanol–water partition coefficient (Wildman–Crippen LogP) is 7.49. The lowest BCUT2D eigenvalue weighted by Crippen LogP contribution is -2.05. The zero-order chi connectivity index (χ0) is 21.3. The van der Waals surface area contributed by atoms with Crippen molar-refractivity contribution in [2.45, 2.75) is 59.3 Å². The fourth-order valence-corrected chi connectivity index (χ4v) is 3.34. The molecule has 4 nitrogen and oxygen atoms in total. The molecule has 0 aliphatic heterocycles. The summed E-state index contributed by atoms with van der Waals surface area (Å²) in [7, 11) is 0. The van der Waals surface area contributed by atoms with Crippen molar-refractivity contribution >= 4 is 0 Å². The molecule has 3 rings (SSSR count). The van der Waals surface area contributed by atoms with Gasteiger partial charge in [0.25, 0.3) is 0 Å². The summed E-state index contributed by atoms with van der Waals surface area (Å²) >= 11 is 0. The quantitative estimate of drug-likeness (QED) is 0.309. The Morgan fingerprint density at radius 1 is 0.900 bits per heavy atom. The van der Waals surface area contributed by atoms with Crippen molar-refractivity contribution in [2.75, 3.05) is 13.2 Å². The van der Waals surface area contributed by atoms with Gasteiger partial charge in [0.1, 0.15) is 17.2 Å². The molecule has 0 saturated heterocycles. The van der Waals surface area contributed by atoms with E-state index in [-0.39, 0.29) is 0 Å². The largest absolute Gasteiger partial charge is 0.493 e. The topological polar surface area (TPSA) is 44.5 Å². The third kappa shape index (κ3) is 5.24. The zero-order valence-corrected chi connectivity index (χ0v) is 18.6. The lowest BCUT2D eigenvalue weighted by molar-refractivity contribution is 0.292. The molecule has 2 aromatic carbocycles. The van der Waals surface area contributed by atoms with Gasteiger partial charge in [0.2, 0.25) is 0 Å². The van der Waals surface area contributed by atoms with E-state index in [1.54, 1.807) is 0 Å². The minimum absolute atomic E-state index is 0.317. The summed E-state index contributed by atoms with van der Waals surface area (Å²) < 4.78 is 18.2. The molecule has 0 atom stereocenters. The number of oxazole rings is 1. The Hall–Kier alpha value is -2.75. The molecule has 0 amide bonds. The monoisotopic (exact) mass is 407 g/mol. The third-order valence-corrected chi connectivity index (χ3v) is 5.10. The fraction of sp³-hybridized carbons (Fsp3) is 0.423. The summed E-state index contributed by atoms with van der Waals surface area (Å²) in [5.74, 6) is 2.77.